The number of ether oxygens (including phenoxy) is 1. The summed E-state index contributed by atoms with van der Waals surface area (Å²) in [6, 6.07) is 4.25. The van der Waals surface area contributed by atoms with Gasteiger partial charge in [-0.3, -0.25) is 5.32 Å². The maximum atomic E-state index is 12.7. The zero-order valence-electron chi connectivity index (χ0n) is 16.1. The number of carbonyl (C=O) groups is 1. The van der Waals surface area contributed by atoms with Crippen LogP contribution in [0.15, 0.2) is 24.3 Å². The molecular formula is C19H23F3N4O3S. The molecule has 2 amide bonds. The normalized spacial score (nSPS) is 16.3. The average Bonchev–Trinajstić information content (AvgIpc) is 3.19. The lowest BCUT2D eigenvalue weighted by atomic mass is 9.95. The number of hydrogen-bond acceptors (Lipinski definition) is 6. The average molecular weight is 444 g/mol. The Morgan fingerprint density at radius 2 is 1.93 bits per heavy atom. The van der Waals surface area contributed by atoms with Crippen molar-refractivity contribution in [1.29, 1.82) is 0 Å². The Morgan fingerprint density at radius 3 is 2.57 bits per heavy atom. The molecule has 0 aliphatic carbocycles. The van der Waals surface area contributed by atoms with Crippen LogP contribution >= 0.6 is 11.3 Å². The Labute approximate surface area is 175 Å². The predicted molar refractivity (Wildman–Crippen MR) is 106 cm³/mol. The molecule has 0 spiro atoms. The van der Waals surface area contributed by atoms with Gasteiger partial charge in [0.25, 0.3) is 0 Å². The fourth-order valence-corrected chi connectivity index (χ4v) is 4.15. The molecule has 164 valence electrons. The fourth-order valence-electron chi connectivity index (χ4n) is 3.24. The van der Waals surface area contributed by atoms with Gasteiger partial charge in [0.1, 0.15) is 5.01 Å². The summed E-state index contributed by atoms with van der Waals surface area (Å²) in [5, 5.41) is 24.0. The summed E-state index contributed by atoms with van der Waals surface area (Å²) in [6.45, 7) is 1.37. The van der Waals surface area contributed by atoms with Gasteiger partial charge in [0, 0.05) is 38.2 Å². The first-order valence-corrected chi connectivity index (χ1v) is 10.4. The molecule has 1 aliphatic rings. The Kier molecular flexibility index (Phi) is 7.62. The summed E-state index contributed by atoms with van der Waals surface area (Å²) in [4.78, 5) is 12.2. The van der Waals surface area contributed by atoms with Gasteiger partial charge in [-0.25, -0.2) is 4.79 Å². The van der Waals surface area contributed by atoms with Crippen LogP contribution in [0.2, 0.25) is 0 Å². The smallest absolute Gasteiger partial charge is 0.396 e. The number of amides is 2. The number of rotatable bonds is 7. The van der Waals surface area contributed by atoms with Crippen LogP contribution in [0, 0.1) is 0 Å². The van der Waals surface area contributed by atoms with Gasteiger partial charge >= 0.3 is 12.2 Å². The minimum absolute atomic E-state index is 0.153. The number of aliphatic hydroxyl groups excluding tert-OH is 1. The van der Waals surface area contributed by atoms with Gasteiger partial charge in [-0.1, -0.05) is 23.5 Å². The van der Waals surface area contributed by atoms with E-state index >= 15 is 0 Å². The van der Waals surface area contributed by atoms with Crippen LogP contribution in [0.25, 0.3) is 0 Å². The molecule has 0 bridgehead atoms. The predicted octanol–water partition coefficient (Wildman–Crippen LogP) is 3.74. The van der Waals surface area contributed by atoms with Crippen LogP contribution in [0.1, 0.15) is 47.2 Å². The maximum Gasteiger partial charge on any atom is 0.416 e. The van der Waals surface area contributed by atoms with Crippen molar-refractivity contribution in [1.82, 2.24) is 15.5 Å². The molecule has 1 fully saturated rings. The van der Waals surface area contributed by atoms with Crippen molar-refractivity contribution in [2.24, 2.45) is 0 Å². The summed E-state index contributed by atoms with van der Waals surface area (Å²) < 4.78 is 43.5. The van der Waals surface area contributed by atoms with Crippen molar-refractivity contribution in [3.05, 3.63) is 40.4 Å². The number of halogens is 3. The molecule has 1 aliphatic heterocycles. The number of nitrogens with zero attached hydrogens (tertiary/aromatic N) is 2. The summed E-state index contributed by atoms with van der Waals surface area (Å²) in [5.41, 5.74) is -0.133. The molecule has 1 aromatic heterocycles. The van der Waals surface area contributed by atoms with E-state index in [-0.39, 0.29) is 25.0 Å². The van der Waals surface area contributed by atoms with E-state index in [1.165, 1.54) is 23.5 Å². The number of nitrogens with one attached hydrogen (secondary N) is 2. The Bertz CT molecular complexity index is 823. The van der Waals surface area contributed by atoms with E-state index in [0.717, 1.165) is 30.0 Å². The number of urea groups is 1. The van der Waals surface area contributed by atoms with Crippen LogP contribution in [0.3, 0.4) is 0 Å². The lowest BCUT2D eigenvalue weighted by molar-refractivity contribution is -0.137. The zero-order valence-corrected chi connectivity index (χ0v) is 16.9. The molecule has 0 radical (unpaired) electrons. The lowest BCUT2D eigenvalue weighted by Gasteiger charge is -2.19. The Hall–Kier alpha value is -2.24. The van der Waals surface area contributed by atoms with Crippen molar-refractivity contribution in [2.45, 2.75) is 37.3 Å². The highest BCUT2D eigenvalue weighted by Gasteiger charge is 2.30. The quantitative estimate of drug-likeness (QED) is 0.605. The van der Waals surface area contributed by atoms with E-state index < -0.39 is 17.8 Å². The second-order valence-electron chi connectivity index (χ2n) is 7.00. The van der Waals surface area contributed by atoms with Crippen LogP contribution in [-0.2, 0) is 10.9 Å². The summed E-state index contributed by atoms with van der Waals surface area (Å²) in [6.07, 6.45) is -2.36. The van der Waals surface area contributed by atoms with Gasteiger partial charge in [-0.2, -0.15) is 13.2 Å². The third kappa shape index (κ3) is 6.13. The molecular weight excluding hydrogens is 421 g/mol. The lowest BCUT2D eigenvalue weighted by Crippen LogP contribution is -2.32. The Morgan fingerprint density at radius 1 is 1.23 bits per heavy atom. The molecule has 1 unspecified atom stereocenters. The van der Waals surface area contributed by atoms with Crippen LogP contribution in [0.4, 0.5) is 23.1 Å². The van der Waals surface area contributed by atoms with Gasteiger partial charge in [-0.15, -0.1) is 10.2 Å². The highest BCUT2D eigenvalue weighted by atomic mass is 32.1. The fraction of sp³-hybridized carbons (Fsp3) is 0.526. The molecule has 3 rings (SSSR count). The molecule has 0 saturated carbocycles. The van der Waals surface area contributed by atoms with Gasteiger partial charge in [0.2, 0.25) is 5.13 Å². The number of hydrogen-bond donors (Lipinski definition) is 3. The third-order valence-corrected chi connectivity index (χ3v) is 5.93. The van der Waals surface area contributed by atoms with Gasteiger partial charge in [0.15, 0.2) is 0 Å². The molecule has 1 saturated heterocycles. The highest BCUT2D eigenvalue weighted by Crippen LogP contribution is 2.31. The first-order chi connectivity index (χ1) is 14.4. The SMILES string of the molecule is O=C(NCC(CCO)c1ccc(C(F)(F)F)cc1)Nc1nnc(C2CCOCC2)s1. The molecule has 11 heteroatoms. The Balaban J connectivity index is 1.54. The topological polar surface area (TPSA) is 96.4 Å². The second-order valence-corrected chi connectivity index (χ2v) is 8.01. The molecule has 2 heterocycles. The van der Waals surface area contributed by atoms with Crippen molar-refractivity contribution in [2.75, 3.05) is 31.7 Å². The van der Waals surface area contributed by atoms with Crippen LogP contribution in [-0.4, -0.2) is 47.7 Å². The molecule has 7 nitrogen and oxygen atoms in total. The summed E-state index contributed by atoms with van der Waals surface area (Å²) in [5.74, 6) is -0.0429. The number of carbonyl (C=O) groups excluding carboxylic acids is 1. The molecule has 30 heavy (non-hydrogen) atoms. The number of aromatic nitrogens is 2. The van der Waals surface area contributed by atoms with Crippen molar-refractivity contribution < 1.29 is 27.8 Å². The standard InChI is InChI=1S/C19H23F3N4O3S/c20-19(21,22)15-3-1-12(2-4-15)14(5-8-27)11-23-17(28)24-18-26-25-16(30-18)13-6-9-29-10-7-13/h1-4,13-14,27H,5-11H2,(H2,23,24,26,28). The van der Waals surface area contributed by atoms with Gasteiger partial charge in [0.05, 0.1) is 5.56 Å². The first-order valence-electron chi connectivity index (χ1n) is 9.61. The largest absolute Gasteiger partial charge is 0.416 e. The first kappa shape index (κ1) is 22.4. The number of aliphatic hydroxyl groups is 1. The van der Waals surface area contributed by atoms with Crippen molar-refractivity contribution in [3.8, 4) is 0 Å². The van der Waals surface area contributed by atoms with E-state index in [0.29, 0.717) is 30.3 Å². The van der Waals surface area contributed by atoms with Crippen LogP contribution < -0.4 is 10.6 Å². The van der Waals surface area contributed by atoms with Crippen LogP contribution in [0.5, 0.6) is 0 Å². The minimum Gasteiger partial charge on any atom is -0.396 e. The number of alkyl halides is 3. The maximum absolute atomic E-state index is 12.7. The van der Waals surface area contributed by atoms with Crippen molar-refractivity contribution >= 4 is 22.5 Å². The van der Waals surface area contributed by atoms with E-state index in [4.69, 9.17) is 4.74 Å². The number of anilines is 1. The highest BCUT2D eigenvalue weighted by molar-refractivity contribution is 7.15. The molecule has 2 aromatic rings. The van der Waals surface area contributed by atoms with E-state index in [1.807, 2.05) is 0 Å². The van der Waals surface area contributed by atoms with E-state index in [2.05, 4.69) is 20.8 Å². The monoisotopic (exact) mass is 444 g/mol. The summed E-state index contributed by atoms with van der Waals surface area (Å²) in [7, 11) is 0. The number of benzene rings is 1. The zero-order chi connectivity index (χ0) is 21.6. The summed E-state index contributed by atoms with van der Waals surface area (Å²) >= 11 is 1.32. The molecule has 1 atom stereocenters. The van der Waals surface area contributed by atoms with Gasteiger partial charge in [-0.05, 0) is 37.0 Å². The molecule has 3 N–H and O–H groups in total. The van der Waals surface area contributed by atoms with Crippen molar-refractivity contribution in [3.63, 3.8) is 0 Å². The molecule has 1 aromatic carbocycles. The third-order valence-electron chi connectivity index (χ3n) is 4.93. The van der Waals surface area contributed by atoms with E-state index in [1.54, 1.807) is 0 Å². The second kappa shape index (κ2) is 10.2. The minimum atomic E-state index is -4.41. The van der Waals surface area contributed by atoms with Gasteiger partial charge < -0.3 is 15.2 Å². The van der Waals surface area contributed by atoms with E-state index in [9.17, 15) is 23.1 Å².